The molecule has 1 amide bonds. The molecule has 0 aromatic heterocycles. The van der Waals surface area contributed by atoms with Crippen LogP contribution in [0.4, 0.5) is 4.79 Å². The monoisotopic (exact) mass is 337 g/mol. The van der Waals surface area contributed by atoms with E-state index in [0.29, 0.717) is 6.54 Å². The number of alkyl carbamates (subject to hydrolysis) is 1. The summed E-state index contributed by atoms with van der Waals surface area (Å²) in [7, 11) is 1.63. The molecule has 0 fully saturated rings. The van der Waals surface area contributed by atoms with Crippen molar-refractivity contribution < 1.29 is 14.3 Å². The molecule has 0 spiro atoms. The van der Waals surface area contributed by atoms with E-state index in [9.17, 15) is 4.79 Å². The first-order chi connectivity index (χ1) is 11.9. The summed E-state index contributed by atoms with van der Waals surface area (Å²) < 4.78 is 10.4. The number of nitrogens with one attached hydrogen (secondary N) is 1. The van der Waals surface area contributed by atoms with Gasteiger partial charge in [0.2, 0.25) is 0 Å². The highest BCUT2D eigenvalue weighted by molar-refractivity contribution is 5.67. The van der Waals surface area contributed by atoms with Crippen molar-refractivity contribution in [1.82, 2.24) is 5.32 Å². The van der Waals surface area contributed by atoms with Crippen LogP contribution in [-0.4, -0.2) is 18.8 Å². The second-order valence-electron chi connectivity index (χ2n) is 6.49. The van der Waals surface area contributed by atoms with Crippen LogP contribution in [0.25, 0.3) is 0 Å². The Morgan fingerprint density at radius 2 is 1.72 bits per heavy atom. The van der Waals surface area contributed by atoms with E-state index >= 15 is 0 Å². The molecule has 0 aliphatic heterocycles. The van der Waals surface area contributed by atoms with Crippen molar-refractivity contribution in [3.63, 3.8) is 0 Å². The van der Waals surface area contributed by atoms with Crippen molar-refractivity contribution in [2.24, 2.45) is 0 Å². The van der Waals surface area contributed by atoms with Crippen molar-refractivity contribution in [2.45, 2.75) is 32.9 Å². The van der Waals surface area contributed by atoms with Crippen LogP contribution in [0.1, 0.15) is 37.5 Å². The van der Waals surface area contributed by atoms with Gasteiger partial charge >= 0.3 is 6.09 Å². The quantitative estimate of drug-likeness (QED) is 0.857. The molecule has 2 aromatic rings. The smallest absolute Gasteiger partial charge is 0.407 e. The molecule has 4 heteroatoms. The van der Waals surface area contributed by atoms with Crippen molar-refractivity contribution >= 4 is 6.09 Å². The molecular formula is C21H23NO3. The number of amides is 1. The molecule has 0 heterocycles. The zero-order chi connectivity index (χ0) is 18.3. The summed E-state index contributed by atoms with van der Waals surface area (Å²) in [4.78, 5) is 11.8. The molecule has 1 N–H and O–H groups in total. The molecule has 2 rings (SSSR count). The van der Waals surface area contributed by atoms with Crippen LogP contribution in [0.15, 0.2) is 48.5 Å². The van der Waals surface area contributed by atoms with Crippen molar-refractivity contribution in [3.8, 4) is 17.6 Å². The van der Waals surface area contributed by atoms with E-state index in [4.69, 9.17) is 9.47 Å². The average molecular weight is 337 g/mol. The summed E-state index contributed by atoms with van der Waals surface area (Å²) >= 11 is 0. The maximum absolute atomic E-state index is 11.8. The molecule has 0 atom stereocenters. The highest BCUT2D eigenvalue weighted by Crippen LogP contribution is 2.12. The molecule has 2 aromatic carbocycles. The van der Waals surface area contributed by atoms with Crippen molar-refractivity contribution in [2.75, 3.05) is 7.11 Å². The first kappa shape index (κ1) is 18.4. The van der Waals surface area contributed by atoms with Gasteiger partial charge in [0.25, 0.3) is 0 Å². The fraction of sp³-hybridized carbons (Fsp3) is 0.286. The van der Waals surface area contributed by atoms with Gasteiger partial charge in [-0.15, -0.1) is 0 Å². The Morgan fingerprint density at radius 1 is 1.04 bits per heavy atom. The van der Waals surface area contributed by atoms with E-state index in [-0.39, 0.29) is 0 Å². The number of hydrogen-bond donors (Lipinski definition) is 1. The summed E-state index contributed by atoms with van der Waals surface area (Å²) in [6, 6.07) is 15.3. The van der Waals surface area contributed by atoms with Gasteiger partial charge in [-0.2, -0.15) is 0 Å². The molecule has 4 nitrogen and oxygen atoms in total. The third-order valence-corrected chi connectivity index (χ3v) is 3.27. The van der Waals surface area contributed by atoms with Crippen molar-refractivity contribution in [3.05, 3.63) is 65.2 Å². The lowest BCUT2D eigenvalue weighted by Crippen LogP contribution is -2.32. The Labute approximate surface area is 149 Å². The molecular weight excluding hydrogens is 314 g/mol. The summed E-state index contributed by atoms with van der Waals surface area (Å²) in [6.45, 7) is 5.87. The lowest BCUT2D eigenvalue weighted by atomic mass is 10.1. The molecule has 0 aliphatic carbocycles. The predicted molar refractivity (Wildman–Crippen MR) is 98.5 cm³/mol. The molecule has 0 aliphatic rings. The number of carbonyl (C=O) groups excluding carboxylic acids is 1. The third kappa shape index (κ3) is 6.23. The Morgan fingerprint density at radius 3 is 2.36 bits per heavy atom. The van der Waals surface area contributed by atoms with Crippen LogP contribution in [0.3, 0.4) is 0 Å². The maximum atomic E-state index is 11.8. The Balaban J connectivity index is 2.08. The van der Waals surface area contributed by atoms with Gasteiger partial charge in [0, 0.05) is 17.7 Å². The van der Waals surface area contributed by atoms with Gasteiger partial charge in [-0.05, 0) is 56.7 Å². The molecule has 25 heavy (non-hydrogen) atoms. The Bertz CT molecular complexity index is 777. The van der Waals surface area contributed by atoms with E-state index < -0.39 is 11.7 Å². The van der Waals surface area contributed by atoms with Gasteiger partial charge in [-0.1, -0.05) is 30.0 Å². The van der Waals surface area contributed by atoms with Gasteiger partial charge in [-0.25, -0.2) is 4.79 Å². The average Bonchev–Trinajstić information content (AvgIpc) is 2.58. The minimum Gasteiger partial charge on any atom is -0.497 e. The highest BCUT2D eigenvalue weighted by atomic mass is 16.6. The number of benzene rings is 2. The normalized spacial score (nSPS) is 10.4. The number of carbonyl (C=O) groups is 1. The van der Waals surface area contributed by atoms with E-state index in [1.807, 2.05) is 69.3 Å². The molecule has 0 saturated carbocycles. The lowest BCUT2D eigenvalue weighted by Gasteiger charge is -2.19. The van der Waals surface area contributed by atoms with Crippen LogP contribution < -0.4 is 10.1 Å². The zero-order valence-electron chi connectivity index (χ0n) is 15.1. The molecule has 130 valence electrons. The standard InChI is InChI=1S/C21H23NO3/c1-21(2,3)25-20(23)22-15-18-8-6-5-7-17(18)12-9-16-10-13-19(24-4)14-11-16/h5-8,10-11,13-14H,15H2,1-4H3,(H,22,23). The topological polar surface area (TPSA) is 47.6 Å². The van der Waals surface area contributed by atoms with Crippen LogP contribution in [0, 0.1) is 11.8 Å². The fourth-order valence-electron chi connectivity index (χ4n) is 2.09. The van der Waals surface area contributed by atoms with E-state index in [1.54, 1.807) is 7.11 Å². The summed E-state index contributed by atoms with van der Waals surface area (Å²) in [5.74, 6) is 7.08. The highest BCUT2D eigenvalue weighted by Gasteiger charge is 2.15. The van der Waals surface area contributed by atoms with Gasteiger partial charge in [0.1, 0.15) is 11.4 Å². The van der Waals surface area contributed by atoms with Gasteiger partial charge in [-0.3, -0.25) is 0 Å². The van der Waals surface area contributed by atoms with Crippen molar-refractivity contribution in [1.29, 1.82) is 0 Å². The molecule has 0 saturated heterocycles. The number of ether oxygens (including phenoxy) is 2. The zero-order valence-corrected chi connectivity index (χ0v) is 15.1. The molecule has 0 unspecified atom stereocenters. The van der Waals surface area contributed by atoms with Gasteiger partial charge in [0.05, 0.1) is 7.11 Å². The summed E-state index contributed by atoms with van der Waals surface area (Å²) in [6.07, 6.45) is -0.439. The molecule has 0 bridgehead atoms. The van der Waals surface area contributed by atoms with Crippen LogP contribution in [-0.2, 0) is 11.3 Å². The minimum absolute atomic E-state index is 0.363. The first-order valence-electron chi connectivity index (χ1n) is 8.08. The Hall–Kier alpha value is -2.93. The van der Waals surface area contributed by atoms with E-state index in [2.05, 4.69) is 17.2 Å². The SMILES string of the molecule is COc1ccc(C#Cc2ccccc2CNC(=O)OC(C)(C)C)cc1. The summed E-state index contributed by atoms with van der Waals surface area (Å²) in [5, 5.41) is 2.76. The van der Waals surface area contributed by atoms with Crippen LogP contribution in [0.2, 0.25) is 0 Å². The predicted octanol–water partition coefficient (Wildman–Crippen LogP) is 4.12. The fourth-order valence-corrected chi connectivity index (χ4v) is 2.09. The second-order valence-corrected chi connectivity index (χ2v) is 6.49. The first-order valence-corrected chi connectivity index (χ1v) is 8.08. The minimum atomic E-state index is -0.516. The van der Waals surface area contributed by atoms with Crippen LogP contribution in [0.5, 0.6) is 5.75 Å². The Kier molecular flexibility index (Phi) is 6.08. The van der Waals surface area contributed by atoms with E-state index in [0.717, 1.165) is 22.4 Å². The second kappa shape index (κ2) is 8.25. The van der Waals surface area contributed by atoms with Gasteiger partial charge in [0.15, 0.2) is 0 Å². The van der Waals surface area contributed by atoms with Crippen LogP contribution >= 0.6 is 0 Å². The summed E-state index contributed by atoms with van der Waals surface area (Å²) in [5.41, 5.74) is 2.19. The number of rotatable bonds is 3. The largest absolute Gasteiger partial charge is 0.497 e. The molecule has 0 radical (unpaired) electrons. The lowest BCUT2D eigenvalue weighted by molar-refractivity contribution is 0.0523. The third-order valence-electron chi connectivity index (χ3n) is 3.27. The maximum Gasteiger partial charge on any atom is 0.407 e. The van der Waals surface area contributed by atoms with Gasteiger partial charge < -0.3 is 14.8 Å². The number of methoxy groups -OCH3 is 1. The van der Waals surface area contributed by atoms with E-state index in [1.165, 1.54) is 0 Å². The number of hydrogen-bond acceptors (Lipinski definition) is 3.